The minimum atomic E-state index is -4.66. The molecular weight excluding hydrogens is 341 g/mol. The summed E-state index contributed by atoms with van der Waals surface area (Å²) in [6.45, 7) is 1.00. The van der Waals surface area contributed by atoms with Gasteiger partial charge >= 0.3 is 6.18 Å². The number of ketones is 1. The molecule has 0 unspecified atom stereocenters. The highest BCUT2D eigenvalue weighted by Crippen LogP contribution is 2.33. The summed E-state index contributed by atoms with van der Waals surface area (Å²) < 4.78 is 64.3. The topological polar surface area (TPSA) is 51.2 Å². The molecular formula is C17H13F3O3S. The van der Waals surface area contributed by atoms with Crippen molar-refractivity contribution in [2.75, 3.05) is 0 Å². The number of alkyl halides is 3. The van der Waals surface area contributed by atoms with E-state index in [0.29, 0.717) is 0 Å². The molecule has 2 aromatic rings. The lowest BCUT2D eigenvalue weighted by Gasteiger charge is -2.12. The van der Waals surface area contributed by atoms with Crippen LogP contribution in [0.5, 0.6) is 0 Å². The van der Waals surface area contributed by atoms with E-state index < -0.39 is 32.3 Å². The van der Waals surface area contributed by atoms with Gasteiger partial charge in [-0.05, 0) is 36.8 Å². The molecule has 0 radical (unpaired) electrons. The molecule has 0 atom stereocenters. The molecule has 126 valence electrons. The predicted octanol–water partition coefficient (Wildman–Crippen LogP) is 4.11. The van der Waals surface area contributed by atoms with E-state index in [9.17, 15) is 26.4 Å². The average molecular weight is 354 g/mol. The van der Waals surface area contributed by atoms with E-state index in [1.807, 2.05) is 0 Å². The molecule has 3 nitrogen and oxygen atoms in total. The van der Waals surface area contributed by atoms with Gasteiger partial charge in [0.25, 0.3) is 0 Å². The third-order valence-electron chi connectivity index (χ3n) is 3.24. The van der Waals surface area contributed by atoms with Gasteiger partial charge in [0.05, 0.1) is 10.5 Å². The van der Waals surface area contributed by atoms with E-state index in [1.165, 1.54) is 36.4 Å². The fourth-order valence-corrected chi connectivity index (χ4v) is 3.55. The van der Waals surface area contributed by atoms with E-state index in [1.54, 1.807) is 6.07 Å². The van der Waals surface area contributed by atoms with Crippen LogP contribution in [0, 0.1) is 0 Å². The largest absolute Gasteiger partial charge is 0.416 e. The van der Waals surface area contributed by atoms with Crippen LogP contribution >= 0.6 is 0 Å². The summed E-state index contributed by atoms with van der Waals surface area (Å²) in [7, 11) is -4.22. The summed E-state index contributed by atoms with van der Waals surface area (Å²) in [6, 6.07) is 11.6. The molecule has 0 bridgehead atoms. The Bertz CT molecular complexity index is 883. The lowest BCUT2D eigenvalue weighted by Crippen LogP contribution is -2.13. The number of rotatable bonds is 4. The van der Waals surface area contributed by atoms with Crippen molar-refractivity contribution in [2.24, 2.45) is 0 Å². The second-order valence-corrected chi connectivity index (χ2v) is 6.88. The SMILES string of the molecule is CC(=O)C(=Cc1ccccc1C(F)(F)F)S(=O)(=O)c1ccccc1. The van der Waals surface area contributed by atoms with Gasteiger partial charge in [-0.25, -0.2) is 8.42 Å². The highest BCUT2D eigenvalue weighted by Gasteiger charge is 2.33. The molecule has 0 fully saturated rings. The summed E-state index contributed by atoms with van der Waals surface area (Å²) in [6.07, 6.45) is -3.89. The van der Waals surface area contributed by atoms with E-state index in [2.05, 4.69) is 0 Å². The molecule has 0 aliphatic rings. The molecule has 0 amide bonds. The molecule has 0 aliphatic heterocycles. The maximum atomic E-state index is 13.1. The van der Waals surface area contributed by atoms with E-state index in [0.717, 1.165) is 25.1 Å². The van der Waals surface area contributed by atoms with Crippen molar-refractivity contribution >= 4 is 21.7 Å². The standard InChI is InChI=1S/C17H13F3O3S/c1-12(21)16(24(22,23)14-8-3-2-4-9-14)11-13-7-5-6-10-15(13)17(18,19)20/h2-11H,1H3. The third-order valence-corrected chi connectivity index (χ3v) is 5.12. The molecule has 7 heteroatoms. The number of sulfone groups is 1. The number of benzene rings is 2. The summed E-state index contributed by atoms with van der Waals surface area (Å²) in [5.74, 6) is -0.837. The van der Waals surface area contributed by atoms with Gasteiger partial charge in [-0.2, -0.15) is 13.2 Å². The summed E-state index contributed by atoms with van der Waals surface area (Å²) in [4.78, 5) is 11.0. The van der Waals surface area contributed by atoms with Crippen LogP contribution in [0.25, 0.3) is 6.08 Å². The highest BCUT2D eigenvalue weighted by atomic mass is 32.2. The maximum absolute atomic E-state index is 13.1. The molecule has 0 spiro atoms. The van der Waals surface area contributed by atoms with Crippen molar-refractivity contribution in [3.63, 3.8) is 0 Å². The minimum Gasteiger partial charge on any atom is -0.294 e. The second-order valence-electron chi connectivity index (χ2n) is 4.97. The maximum Gasteiger partial charge on any atom is 0.416 e. The molecule has 0 heterocycles. The first kappa shape index (κ1) is 17.9. The Labute approximate surface area is 137 Å². The van der Waals surface area contributed by atoms with Crippen LogP contribution in [0.3, 0.4) is 0 Å². The van der Waals surface area contributed by atoms with Crippen LogP contribution in [-0.4, -0.2) is 14.2 Å². The van der Waals surface area contributed by atoms with E-state index >= 15 is 0 Å². The van der Waals surface area contributed by atoms with Crippen LogP contribution in [0.15, 0.2) is 64.4 Å². The number of Topliss-reactive ketones (excluding diaryl/α,β-unsaturated/α-hetero) is 1. The van der Waals surface area contributed by atoms with Crippen molar-refractivity contribution in [3.05, 3.63) is 70.6 Å². The first-order valence-electron chi connectivity index (χ1n) is 6.83. The Hall–Kier alpha value is -2.41. The van der Waals surface area contributed by atoms with Gasteiger partial charge in [-0.15, -0.1) is 0 Å². The monoisotopic (exact) mass is 354 g/mol. The van der Waals surface area contributed by atoms with Gasteiger partial charge in [0.15, 0.2) is 5.78 Å². The Morgan fingerprint density at radius 3 is 2.04 bits per heavy atom. The minimum absolute atomic E-state index is 0.157. The van der Waals surface area contributed by atoms with Gasteiger partial charge in [-0.1, -0.05) is 36.4 Å². The van der Waals surface area contributed by atoms with Crippen LogP contribution in [-0.2, 0) is 20.8 Å². The Balaban J connectivity index is 2.67. The van der Waals surface area contributed by atoms with Crippen LogP contribution < -0.4 is 0 Å². The zero-order valence-electron chi connectivity index (χ0n) is 12.5. The number of hydrogen-bond acceptors (Lipinski definition) is 3. The average Bonchev–Trinajstić information content (AvgIpc) is 2.52. The number of allylic oxidation sites excluding steroid dienone is 1. The molecule has 0 aliphatic carbocycles. The lowest BCUT2D eigenvalue weighted by atomic mass is 10.1. The summed E-state index contributed by atoms with van der Waals surface area (Å²) >= 11 is 0. The summed E-state index contributed by atoms with van der Waals surface area (Å²) in [5.41, 5.74) is -1.39. The van der Waals surface area contributed by atoms with Crippen molar-refractivity contribution in [2.45, 2.75) is 18.0 Å². The van der Waals surface area contributed by atoms with Crippen LogP contribution in [0.2, 0.25) is 0 Å². The smallest absolute Gasteiger partial charge is 0.294 e. The highest BCUT2D eigenvalue weighted by molar-refractivity contribution is 7.96. The molecule has 0 aromatic heterocycles. The number of carbonyl (C=O) groups excluding carboxylic acids is 1. The summed E-state index contributed by atoms with van der Waals surface area (Å²) in [5, 5.41) is 0. The number of hydrogen-bond donors (Lipinski definition) is 0. The van der Waals surface area contributed by atoms with Gasteiger partial charge < -0.3 is 0 Å². The molecule has 0 N–H and O–H groups in total. The Kier molecular flexibility index (Phi) is 4.94. The Morgan fingerprint density at radius 1 is 0.958 bits per heavy atom. The molecule has 0 saturated heterocycles. The first-order valence-corrected chi connectivity index (χ1v) is 8.31. The third kappa shape index (κ3) is 3.73. The number of carbonyl (C=O) groups is 1. The zero-order valence-corrected chi connectivity index (χ0v) is 13.4. The van der Waals surface area contributed by atoms with Crippen molar-refractivity contribution < 1.29 is 26.4 Å². The number of halogens is 3. The Morgan fingerprint density at radius 2 is 1.50 bits per heavy atom. The van der Waals surface area contributed by atoms with Gasteiger partial charge in [-0.3, -0.25) is 4.79 Å². The fraction of sp³-hybridized carbons (Fsp3) is 0.118. The first-order chi connectivity index (χ1) is 11.1. The van der Waals surface area contributed by atoms with Crippen molar-refractivity contribution in [1.29, 1.82) is 0 Å². The lowest BCUT2D eigenvalue weighted by molar-refractivity contribution is -0.137. The van der Waals surface area contributed by atoms with Gasteiger partial charge in [0, 0.05) is 0 Å². The van der Waals surface area contributed by atoms with Crippen LogP contribution in [0.1, 0.15) is 18.1 Å². The molecule has 2 rings (SSSR count). The quantitative estimate of drug-likeness (QED) is 0.777. The van der Waals surface area contributed by atoms with Crippen molar-refractivity contribution in [1.82, 2.24) is 0 Å². The van der Waals surface area contributed by atoms with Crippen molar-refractivity contribution in [3.8, 4) is 0 Å². The van der Waals surface area contributed by atoms with E-state index in [4.69, 9.17) is 0 Å². The molecule has 24 heavy (non-hydrogen) atoms. The van der Waals surface area contributed by atoms with Gasteiger partial charge in [0.2, 0.25) is 9.84 Å². The normalized spacial score (nSPS) is 12.9. The zero-order chi connectivity index (χ0) is 18.0. The molecule has 2 aromatic carbocycles. The molecule has 0 saturated carbocycles. The van der Waals surface area contributed by atoms with Gasteiger partial charge in [0.1, 0.15) is 4.91 Å². The van der Waals surface area contributed by atoms with Crippen LogP contribution in [0.4, 0.5) is 13.2 Å². The fourth-order valence-electron chi connectivity index (χ4n) is 2.12. The second kappa shape index (κ2) is 6.60. The van der Waals surface area contributed by atoms with E-state index in [-0.39, 0.29) is 10.5 Å². The predicted molar refractivity (Wildman–Crippen MR) is 83.7 cm³/mol.